The number of hydrogen-bond acceptors (Lipinski definition) is 10. The van der Waals surface area contributed by atoms with Crippen LogP contribution in [-0.4, -0.2) is 134 Å². The van der Waals surface area contributed by atoms with Crippen LogP contribution in [0.25, 0.3) is 0 Å². The van der Waals surface area contributed by atoms with E-state index in [-0.39, 0.29) is 0 Å². The van der Waals surface area contributed by atoms with Crippen LogP contribution in [-0.2, 0) is 47.1 Å². The van der Waals surface area contributed by atoms with E-state index in [4.69, 9.17) is 47.1 Å². The summed E-state index contributed by atoms with van der Waals surface area (Å²) in [7, 11) is -1.45. The maximum atomic E-state index is 5.73. The molecule has 0 aliphatic rings. The SMILES string of the molecule is CCCCCCCCCCCCCCCCCCOCCOCCOCCOCCOCCOCCOCCOCCOCCO[Si](C)(C)C. The van der Waals surface area contributed by atoms with Crippen molar-refractivity contribution in [3.8, 4) is 0 Å². The van der Waals surface area contributed by atoms with Gasteiger partial charge in [0, 0.05) is 6.61 Å². The Morgan fingerprint density at radius 2 is 0.440 bits per heavy atom. The van der Waals surface area contributed by atoms with Gasteiger partial charge >= 0.3 is 0 Å². The fraction of sp³-hybridized carbons (Fsp3) is 1.00. The van der Waals surface area contributed by atoms with Crippen LogP contribution in [0.4, 0.5) is 0 Å². The Balaban J connectivity index is 3.06. The molecular weight excluding hydrogens is 657 g/mol. The summed E-state index contributed by atoms with van der Waals surface area (Å²) in [5.74, 6) is 0. The topological polar surface area (TPSA) is 92.3 Å². The van der Waals surface area contributed by atoms with Gasteiger partial charge in [0.15, 0.2) is 8.32 Å². The van der Waals surface area contributed by atoms with Crippen LogP contribution in [0.2, 0.25) is 19.6 Å². The molecule has 0 aromatic rings. The Bertz CT molecular complexity index is 612. The van der Waals surface area contributed by atoms with Crippen molar-refractivity contribution < 1.29 is 47.1 Å². The number of ether oxygens (including phenoxy) is 9. The molecule has 0 radical (unpaired) electrons. The minimum Gasteiger partial charge on any atom is -0.415 e. The molecule has 0 aromatic heterocycles. The van der Waals surface area contributed by atoms with Gasteiger partial charge < -0.3 is 47.1 Å². The number of hydrogen-bond donors (Lipinski definition) is 0. The first-order chi connectivity index (χ1) is 24.6. The van der Waals surface area contributed by atoms with Gasteiger partial charge in [-0.25, -0.2) is 0 Å². The van der Waals surface area contributed by atoms with Gasteiger partial charge in [-0.05, 0) is 26.1 Å². The Kier molecular flexibility index (Phi) is 43.1. The predicted molar refractivity (Wildman–Crippen MR) is 206 cm³/mol. The molecule has 0 saturated heterocycles. The monoisotopic (exact) mass is 739 g/mol. The zero-order valence-electron chi connectivity index (χ0n) is 33.3. The lowest BCUT2D eigenvalue weighted by Gasteiger charge is -2.16. The fourth-order valence-electron chi connectivity index (χ4n) is 5.02. The molecule has 302 valence electrons. The third kappa shape index (κ3) is 47.8. The molecule has 0 N–H and O–H groups in total. The first kappa shape index (κ1) is 49.8. The van der Waals surface area contributed by atoms with E-state index in [1.54, 1.807) is 0 Å². The van der Waals surface area contributed by atoms with Gasteiger partial charge in [-0.2, -0.15) is 0 Å². The van der Waals surface area contributed by atoms with Crippen molar-refractivity contribution in [2.75, 3.05) is 126 Å². The van der Waals surface area contributed by atoms with Crippen molar-refractivity contribution in [1.29, 1.82) is 0 Å². The Morgan fingerprint density at radius 3 is 0.680 bits per heavy atom. The molecule has 0 aliphatic carbocycles. The molecule has 0 amide bonds. The highest BCUT2D eigenvalue weighted by Crippen LogP contribution is 2.13. The van der Waals surface area contributed by atoms with E-state index in [2.05, 4.69) is 26.6 Å². The third-order valence-electron chi connectivity index (χ3n) is 7.88. The van der Waals surface area contributed by atoms with Crippen LogP contribution in [0, 0.1) is 0 Å². The van der Waals surface area contributed by atoms with Crippen molar-refractivity contribution in [2.45, 2.75) is 129 Å². The summed E-state index contributed by atoms with van der Waals surface area (Å²) in [6.07, 6.45) is 22.2. The standard InChI is InChI=1S/C39H82O10Si/c1-5-6-7-8-9-10-11-12-13-14-15-16-17-18-19-20-21-40-22-23-41-24-25-42-26-27-43-28-29-44-30-31-45-32-33-46-34-35-47-36-37-48-38-39-49-50(2,3)4/h5-39H2,1-4H3. The molecule has 50 heavy (non-hydrogen) atoms. The second-order valence-electron chi connectivity index (χ2n) is 13.8. The summed E-state index contributed by atoms with van der Waals surface area (Å²) in [5.41, 5.74) is 0. The van der Waals surface area contributed by atoms with Crippen LogP contribution in [0.5, 0.6) is 0 Å². The molecule has 0 unspecified atom stereocenters. The highest BCUT2D eigenvalue weighted by Gasteiger charge is 2.13. The predicted octanol–water partition coefficient (Wildman–Crippen LogP) is 8.25. The molecular formula is C39H82O10Si. The Labute approximate surface area is 309 Å². The normalized spacial score (nSPS) is 12.0. The summed E-state index contributed by atoms with van der Waals surface area (Å²) in [4.78, 5) is 0. The van der Waals surface area contributed by atoms with Crippen molar-refractivity contribution in [3.05, 3.63) is 0 Å². The number of rotatable bonds is 45. The van der Waals surface area contributed by atoms with Crippen molar-refractivity contribution in [1.82, 2.24) is 0 Å². The maximum Gasteiger partial charge on any atom is 0.183 e. The van der Waals surface area contributed by atoms with Gasteiger partial charge in [-0.1, -0.05) is 103 Å². The molecule has 11 heteroatoms. The minimum absolute atomic E-state index is 0.534. The molecule has 0 spiro atoms. The first-order valence-electron chi connectivity index (χ1n) is 20.4. The molecule has 10 nitrogen and oxygen atoms in total. The average Bonchev–Trinajstić information content (AvgIpc) is 3.09. The second-order valence-corrected chi connectivity index (χ2v) is 18.3. The van der Waals surface area contributed by atoms with E-state index in [1.807, 2.05) is 0 Å². The zero-order valence-corrected chi connectivity index (χ0v) is 34.3. The fourth-order valence-corrected chi connectivity index (χ4v) is 5.72. The first-order valence-corrected chi connectivity index (χ1v) is 23.8. The Hall–Kier alpha value is -0.183. The molecule has 0 atom stereocenters. The molecule has 0 bridgehead atoms. The third-order valence-corrected chi connectivity index (χ3v) is 8.95. The highest BCUT2D eigenvalue weighted by atomic mass is 28.4. The van der Waals surface area contributed by atoms with Gasteiger partial charge in [0.2, 0.25) is 0 Å². The number of unbranched alkanes of at least 4 members (excludes halogenated alkanes) is 15. The summed E-state index contributed by atoms with van der Waals surface area (Å²) in [6.45, 7) is 19.9. The smallest absolute Gasteiger partial charge is 0.183 e. The van der Waals surface area contributed by atoms with E-state index in [0.29, 0.717) is 119 Å². The summed E-state index contributed by atoms with van der Waals surface area (Å²) in [5, 5.41) is 0. The van der Waals surface area contributed by atoms with E-state index >= 15 is 0 Å². The van der Waals surface area contributed by atoms with Crippen molar-refractivity contribution in [2.24, 2.45) is 0 Å². The summed E-state index contributed by atoms with van der Waals surface area (Å²) >= 11 is 0. The lowest BCUT2D eigenvalue weighted by Crippen LogP contribution is -2.27. The van der Waals surface area contributed by atoms with Gasteiger partial charge in [0.1, 0.15) is 0 Å². The average molecular weight is 739 g/mol. The van der Waals surface area contributed by atoms with Crippen LogP contribution < -0.4 is 0 Å². The van der Waals surface area contributed by atoms with Gasteiger partial charge in [0.05, 0.1) is 119 Å². The molecule has 0 aliphatic heterocycles. The highest BCUT2D eigenvalue weighted by molar-refractivity contribution is 6.69. The van der Waals surface area contributed by atoms with Crippen LogP contribution in [0.3, 0.4) is 0 Å². The zero-order chi connectivity index (χ0) is 36.3. The van der Waals surface area contributed by atoms with E-state index < -0.39 is 8.32 Å². The quantitative estimate of drug-likeness (QED) is 0.0449. The lowest BCUT2D eigenvalue weighted by atomic mass is 10.0. The minimum atomic E-state index is -1.45. The van der Waals surface area contributed by atoms with E-state index in [9.17, 15) is 0 Å². The summed E-state index contributed by atoms with van der Waals surface area (Å²) < 4.78 is 55.5. The largest absolute Gasteiger partial charge is 0.415 e. The lowest BCUT2D eigenvalue weighted by molar-refractivity contribution is -0.0254. The van der Waals surface area contributed by atoms with Crippen LogP contribution in [0.15, 0.2) is 0 Å². The van der Waals surface area contributed by atoms with Crippen molar-refractivity contribution in [3.63, 3.8) is 0 Å². The van der Waals surface area contributed by atoms with Gasteiger partial charge in [-0.15, -0.1) is 0 Å². The van der Waals surface area contributed by atoms with Crippen LogP contribution >= 0.6 is 0 Å². The maximum absolute atomic E-state index is 5.73. The second kappa shape index (κ2) is 43.2. The molecule has 0 heterocycles. The molecule has 0 fully saturated rings. The summed E-state index contributed by atoms with van der Waals surface area (Å²) in [6, 6.07) is 0. The van der Waals surface area contributed by atoms with Gasteiger partial charge in [0.25, 0.3) is 0 Å². The van der Waals surface area contributed by atoms with E-state index in [1.165, 1.54) is 96.3 Å². The van der Waals surface area contributed by atoms with Gasteiger partial charge in [-0.3, -0.25) is 0 Å². The van der Waals surface area contributed by atoms with Crippen molar-refractivity contribution >= 4 is 8.32 Å². The Morgan fingerprint density at radius 1 is 0.240 bits per heavy atom. The molecule has 0 aromatic carbocycles. The van der Waals surface area contributed by atoms with E-state index in [0.717, 1.165) is 13.0 Å². The molecule has 0 rings (SSSR count). The molecule has 0 saturated carbocycles. The van der Waals surface area contributed by atoms with Crippen LogP contribution in [0.1, 0.15) is 110 Å².